The summed E-state index contributed by atoms with van der Waals surface area (Å²) < 4.78 is 7.23. The monoisotopic (exact) mass is 315 g/mol. The molecule has 0 unspecified atom stereocenters. The number of benzene rings is 1. The van der Waals surface area contributed by atoms with Crippen LogP contribution in [0.25, 0.3) is 11.4 Å². The summed E-state index contributed by atoms with van der Waals surface area (Å²) in [6, 6.07) is 8.28. The van der Waals surface area contributed by atoms with Crippen LogP contribution in [0.2, 0.25) is 0 Å². The summed E-state index contributed by atoms with van der Waals surface area (Å²) in [5, 5.41) is 13.3. The van der Waals surface area contributed by atoms with Gasteiger partial charge in [0, 0.05) is 12.1 Å². The fourth-order valence-corrected chi connectivity index (χ4v) is 3.04. The summed E-state index contributed by atoms with van der Waals surface area (Å²) in [5.41, 5.74) is 2.29. The van der Waals surface area contributed by atoms with Gasteiger partial charge in [-0.2, -0.15) is 4.98 Å². The van der Waals surface area contributed by atoms with Crippen LogP contribution in [0.4, 0.5) is 0 Å². The molecule has 0 saturated heterocycles. The van der Waals surface area contributed by atoms with Gasteiger partial charge in [-0.15, -0.1) is 10.2 Å². The van der Waals surface area contributed by atoms with Gasteiger partial charge in [0.15, 0.2) is 16.8 Å². The average molecular weight is 315 g/mol. The van der Waals surface area contributed by atoms with E-state index in [2.05, 4.69) is 57.0 Å². The summed E-state index contributed by atoms with van der Waals surface area (Å²) in [6.45, 7) is 6.77. The van der Waals surface area contributed by atoms with Gasteiger partial charge >= 0.3 is 0 Å². The van der Waals surface area contributed by atoms with Crippen molar-refractivity contribution < 1.29 is 4.52 Å². The first kappa shape index (κ1) is 14.8. The van der Waals surface area contributed by atoms with E-state index in [1.54, 1.807) is 11.8 Å². The maximum Gasteiger partial charge on any atom is 0.237 e. The molecular formula is C15H17N5OS. The first-order valence-electron chi connectivity index (χ1n) is 7.09. The molecule has 1 aromatic carbocycles. The van der Waals surface area contributed by atoms with Crippen molar-refractivity contribution in [2.24, 2.45) is 0 Å². The Balaban J connectivity index is 1.84. The molecule has 0 atom stereocenters. The van der Waals surface area contributed by atoms with E-state index < -0.39 is 0 Å². The molecule has 0 amide bonds. The Morgan fingerprint density at radius 1 is 1.23 bits per heavy atom. The molecule has 2 aromatic heterocycles. The highest BCUT2D eigenvalue weighted by atomic mass is 32.2. The summed E-state index contributed by atoms with van der Waals surface area (Å²) in [6.07, 6.45) is 0. The van der Waals surface area contributed by atoms with Gasteiger partial charge in [-0.05, 0) is 26.8 Å². The molecule has 0 bridgehead atoms. The van der Waals surface area contributed by atoms with Gasteiger partial charge in [0.1, 0.15) is 0 Å². The zero-order chi connectivity index (χ0) is 15.5. The topological polar surface area (TPSA) is 69.6 Å². The van der Waals surface area contributed by atoms with Crippen molar-refractivity contribution in [1.82, 2.24) is 24.9 Å². The lowest BCUT2D eigenvalue weighted by molar-refractivity contribution is 0.387. The van der Waals surface area contributed by atoms with E-state index >= 15 is 0 Å². The van der Waals surface area contributed by atoms with Crippen molar-refractivity contribution in [3.63, 3.8) is 0 Å². The molecule has 0 saturated carbocycles. The van der Waals surface area contributed by atoms with Crippen LogP contribution < -0.4 is 0 Å². The third-order valence-electron chi connectivity index (χ3n) is 3.20. The van der Waals surface area contributed by atoms with Crippen molar-refractivity contribution in [3.8, 4) is 11.4 Å². The second-order valence-corrected chi connectivity index (χ2v) is 5.89. The second kappa shape index (κ2) is 6.31. The number of rotatable bonds is 5. The Morgan fingerprint density at radius 3 is 2.77 bits per heavy atom. The van der Waals surface area contributed by atoms with Crippen LogP contribution in [-0.2, 0) is 12.3 Å². The van der Waals surface area contributed by atoms with Crippen LogP contribution in [0.15, 0.2) is 33.9 Å². The highest BCUT2D eigenvalue weighted by Gasteiger charge is 2.14. The Labute approximate surface area is 133 Å². The normalized spacial score (nSPS) is 11.0. The molecule has 0 spiro atoms. The van der Waals surface area contributed by atoms with Crippen LogP contribution in [-0.4, -0.2) is 24.9 Å². The Morgan fingerprint density at radius 2 is 2.09 bits per heavy atom. The molecule has 0 fully saturated rings. The molecule has 7 heteroatoms. The molecule has 2 heterocycles. The number of hydrogen-bond donors (Lipinski definition) is 0. The Bertz CT molecular complexity index is 780. The fraction of sp³-hybridized carbons (Fsp3) is 0.333. The largest absolute Gasteiger partial charge is 0.338 e. The van der Waals surface area contributed by atoms with E-state index in [0.717, 1.165) is 23.1 Å². The highest BCUT2D eigenvalue weighted by Crippen LogP contribution is 2.26. The van der Waals surface area contributed by atoms with Gasteiger partial charge in [0.2, 0.25) is 5.89 Å². The molecule has 0 aliphatic carbocycles. The smallest absolute Gasteiger partial charge is 0.237 e. The standard InChI is InChI=1S/C15H17N5OS/c1-4-20-14(12-7-5-6-10(2)8-12)17-18-15(20)22-9-13-16-11(3)19-21-13/h5-8H,4,9H2,1-3H3. The van der Waals surface area contributed by atoms with Gasteiger partial charge in [-0.1, -0.05) is 40.7 Å². The molecule has 0 aliphatic rings. The van der Waals surface area contributed by atoms with Gasteiger partial charge in [0.05, 0.1) is 5.75 Å². The number of thioether (sulfide) groups is 1. The van der Waals surface area contributed by atoms with E-state index in [4.69, 9.17) is 4.52 Å². The van der Waals surface area contributed by atoms with Crippen LogP contribution in [0.3, 0.4) is 0 Å². The lowest BCUT2D eigenvalue weighted by atomic mass is 10.1. The van der Waals surface area contributed by atoms with Gasteiger partial charge in [-0.3, -0.25) is 0 Å². The van der Waals surface area contributed by atoms with Gasteiger partial charge < -0.3 is 9.09 Å². The quantitative estimate of drug-likeness (QED) is 0.673. The fourth-order valence-electron chi connectivity index (χ4n) is 2.20. The molecule has 0 radical (unpaired) electrons. The molecule has 22 heavy (non-hydrogen) atoms. The van der Waals surface area contributed by atoms with E-state index in [1.165, 1.54) is 5.56 Å². The van der Waals surface area contributed by atoms with Crippen LogP contribution in [0.1, 0.15) is 24.2 Å². The molecular weight excluding hydrogens is 298 g/mol. The summed E-state index contributed by atoms with van der Waals surface area (Å²) in [4.78, 5) is 4.20. The third-order valence-corrected chi connectivity index (χ3v) is 4.16. The summed E-state index contributed by atoms with van der Waals surface area (Å²) >= 11 is 1.55. The average Bonchev–Trinajstić information content (AvgIpc) is 3.10. The summed E-state index contributed by atoms with van der Waals surface area (Å²) in [7, 11) is 0. The molecule has 3 rings (SSSR count). The SMILES string of the molecule is CCn1c(SCc2nc(C)no2)nnc1-c1cccc(C)c1. The maximum atomic E-state index is 5.13. The number of aryl methyl sites for hydroxylation is 2. The van der Waals surface area contributed by atoms with Crippen LogP contribution in [0, 0.1) is 13.8 Å². The van der Waals surface area contributed by atoms with Crippen molar-refractivity contribution in [3.05, 3.63) is 41.5 Å². The highest BCUT2D eigenvalue weighted by molar-refractivity contribution is 7.98. The molecule has 114 valence electrons. The molecule has 0 N–H and O–H groups in total. The second-order valence-electron chi connectivity index (χ2n) is 4.94. The van der Waals surface area contributed by atoms with Crippen molar-refractivity contribution in [2.45, 2.75) is 38.2 Å². The minimum Gasteiger partial charge on any atom is -0.338 e. The first-order valence-corrected chi connectivity index (χ1v) is 8.08. The first-order chi connectivity index (χ1) is 10.7. The van der Waals surface area contributed by atoms with E-state index in [9.17, 15) is 0 Å². The van der Waals surface area contributed by atoms with Crippen molar-refractivity contribution in [1.29, 1.82) is 0 Å². The Kier molecular flexibility index (Phi) is 4.24. The van der Waals surface area contributed by atoms with Crippen LogP contribution >= 0.6 is 11.8 Å². The van der Waals surface area contributed by atoms with Crippen molar-refractivity contribution in [2.75, 3.05) is 0 Å². The van der Waals surface area contributed by atoms with E-state index in [0.29, 0.717) is 17.5 Å². The number of hydrogen-bond acceptors (Lipinski definition) is 6. The van der Waals surface area contributed by atoms with Crippen LogP contribution in [0.5, 0.6) is 0 Å². The zero-order valence-electron chi connectivity index (χ0n) is 12.8. The lowest BCUT2D eigenvalue weighted by Gasteiger charge is -2.07. The maximum absolute atomic E-state index is 5.13. The van der Waals surface area contributed by atoms with Gasteiger partial charge in [0.25, 0.3) is 0 Å². The minimum absolute atomic E-state index is 0.590. The predicted octanol–water partition coefficient (Wildman–Crippen LogP) is 3.26. The minimum atomic E-state index is 0.590. The molecule has 3 aromatic rings. The van der Waals surface area contributed by atoms with Crippen molar-refractivity contribution >= 4 is 11.8 Å². The van der Waals surface area contributed by atoms with E-state index in [-0.39, 0.29) is 0 Å². The predicted molar refractivity (Wildman–Crippen MR) is 84.5 cm³/mol. The Hall–Kier alpha value is -2.15. The molecule has 0 aliphatic heterocycles. The summed E-state index contributed by atoms with van der Waals surface area (Å²) in [5.74, 6) is 2.72. The third kappa shape index (κ3) is 3.04. The van der Waals surface area contributed by atoms with Gasteiger partial charge in [-0.25, -0.2) is 0 Å². The molecule has 6 nitrogen and oxygen atoms in total. The number of aromatic nitrogens is 5. The number of nitrogens with zero attached hydrogens (tertiary/aromatic N) is 5. The van der Waals surface area contributed by atoms with E-state index in [1.807, 2.05) is 13.0 Å². The lowest BCUT2D eigenvalue weighted by Crippen LogP contribution is -2.00. The zero-order valence-corrected chi connectivity index (χ0v) is 13.6.